The second kappa shape index (κ2) is 9.00. The van der Waals surface area contributed by atoms with Crippen molar-refractivity contribution in [3.8, 4) is 0 Å². The molecule has 2 aliphatic rings. The Morgan fingerprint density at radius 2 is 1.48 bits per heavy atom. The highest BCUT2D eigenvalue weighted by Crippen LogP contribution is 2.35. The van der Waals surface area contributed by atoms with Crippen LogP contribution in [0, 0.1) is 0 Å². The highest BCUT2D eigenvalue weighted by molar-refractivity contribution is 7.89. The molecule has 170 valence electrons. The minimum atomic E-state index is -3.47. The zero-order valence-corrected chi connectivity index (χ0v) is 19.2. The predicted molar refractivity (Wildman–Crippen MR) is 128 cm³/mol. The number of carbonyl (C=O) groups is 1. The number of hydrogen-bond donors (Lipinski definition) is 1. The molecule has 0 aromatic heterocycles. The predicted octanol–water partition coefficient (Wildman–Crippen LogP) is 4.63. The molecular formula is C26H27N3O3S. The van der Waals surface area contributed by atoms with Crippen LogP contribution in [0.4, 0.5) is 5.69 Å². The van der Waals surface area contributed by atoms with Gasteiger partial charge >= 0.3 is 0 Å². The smallest absolute Gasteiger partial charge is 0.256 e. The number of fused-ring (bicyclic) bond motifs is 1. The van der Waals surface area contributed by atoms with Crippen molar-refractivity contribution in [2.75, 3.05) is 18.4 Å². The van der Waals surface area contributed by atoms with Gasteiger partial charge in [0.1, 0.15) is 6.17 Å². The van der Waals surface area contributed by atoms with Crippen LogP contribution in [0.25, 0.3) is 0 Å². The number of piperidine rings is 1. The van der Waals surface area contributed by atoms with Gasteiger partial charge in [0.05, 0.1) is 4.90 Å². The standard InChI is InChI=1S/C26H27N3O3S/c30-26-24-12-6-5-11-23(24)25(29(26)19-20-9-3-1-4-10-20)27-21-13-15-22(16-14-21)33(31,32)28-17-7-2-8-18-28/h1,3-6,9-16,25,27H,2,7-8,17-19H2/t25-/m0/s1. The molecule has 3 aromatic carbocycles. The average Bonchev–Trinajstić information content (AvgIpc) is 3.12. The Morgan fingerprint density at radius 1 is 0.818 bits per heavy atom. The lowest BCUT2D eigenvalue weighted by Gasteiger charge is -2.28. The second-order valence-corrected chi connectivity index (χ2v) is 10.5. The Labute approximate surface area is 194 Å². The highest BCUT2D eigenvalue weighted by Gasteiger charge is 2.36. The Bertz CT molecular complexity index is 1240. The first kappa shape index (κ1) is 21.7. The van der Waals surface area contributed by atoms with Crippen molar-refractivity contribution in [1.82, 2.24) is 9.21 Å². The molecule has 0 radical (unpaired) electrons. The minimum absolute atomic E-state index is 0.0174. The molecule has 0 aliphatic carbocycles. The minimum Gasteiger partial charge on any atom is -0.361 e. The molecule has 1 atom stereocenters. The molecule has 6 nitrogen and oxygen atoms in total. The molecule has 2 aliphatic heterocycles. The summed E-state index contributed by atoms with van der Waals surface area (Å²) in [5, 5.41) is 3.45. The largest absolute Gasteiger partial charge is 0.361 e. The van der Waals surface area contributed by atoms with E-state index in [1.807, 2.05) is 59.5 Å². The maximum atomic E-state index is 13.2. The third-order valence-corrected chi connectivity index (χ3v) is 8.28. The highest BCUT2D eigenvalue weighted by atomic mass is 32.2. The molecule has 2 heterocycles. The molecule has 0 spiro atoms. The second-order valence-electron chi connectivity index (χ2n) is 8.54. The number of sulfonamides is 1. The summed E-state index contributed by atoms with van der Waals surface area (Å²) in [6.07, 6.45) is 2.56. The van der Waals surface area contributed by atoms with Crippen LogP contribution in [0.1, 0.15) is 46.9 Å². The first-order chi connectivity index (χ1) is 16.0. The van der Waals surface area contributed by atoms with Crippen molar-refractivity contribution in [1.29, 1.82) is 0 Å². The molecule has 7 heteroatoms. The molecule has 1 amide bonds. The molecule has 0 unspecified atom stereocenters. The fourth-order valence-electron chi connectivity index (χ4n) is 4.60. The van der Waals surface area contributed by atoms with Gasteiger partial charge in [-0.1, -0.05) is 55.0 Å². The lowest BCUT2D eigenvalue weighted by molar-refractivity contribution is 0.0728. The van der Waals surface area contributed by atoms with Crippen LogP contribution in [0.15, 0.2) is 83.8 Å². The van der Waals surface area contributed by atoms with E-state index in [2.05, 4.69) is 5.32 Å². The first-order valence-corrected chi connectivity index (χ1v) is 12.8. The van der Waals surface area contributed by atoms with Crippen LogP contribution in [0.2, 0.25) is 0 Å². The lowest BCUT2D eigenvalue weighted by atomic mass is 10.1. The van der Waals surface area contributed by atoms with Crippen LogP contribution in [-0.2, 0) is 16.6 Å². The SMILES string of the molecule is O=C1c2ccccc2[C@@H](Nc2ccc(S(=O)(=O)N3CCCCC3)cc2)N1Cc1ccccc1. The van der Waals surface area contributed by atoms with Gasteiger partial charge in [-0.2, -0.15) is 4.31 Å². The van der Waals surface area contributed by atoms with E-state index in [-0.39, 0.29) is 12.1 Å². The normalized spacial score (nSPS) is 18.8. The molecule has 33 heavy (non-hydrogen) atoms. The number of rotatable bonds is 6. The Morgan fingerprint density at radius 3 is 2.21 bits per heavy atom. The van der Waals surface area contributed by atoms with Crippen molar-refractivity contribution in [2.24, 2.45) is 0 Å². The van der Waals surface area contributed by atoms with Crippen molar-refractivity contribution in [3.05, 3.63) is 95.6 Å². The van der Waals surface area contributed by atoms with Crippen LogP contribution >= 0.6 is 0 Å². The van der Waals surface area contributed by atoms with E-state index >= 15 is 0 Å². The monoisotopic (exact) mass is 461 g/mol. The van der Waals surface area contributed by atoms with Gasteiger partial charge in [0.15, 0.2) is 0 Å². The summed E-state index contributed by atoms with van der Waals surface area (Å²) in [6, 6.07) is 24.4. The molecule has 1 saturated heterocycles. The van der Waals surface area contributed by atoms with Crippen LogP contribution in [0.5, 0.6) is 0 Å². The maximum Gasteiger partial charge on any atom is 0.256 e. The van der Waals surface area contributed by atoms with Gasteiger partial charge in [-0.25, -0.2) is 8.42 Å². The maximum absolute atomic E-state index is 13.2. The Kier molecular flexibility index (Phi) is 5.91. The van der Waals surface area contributed by atoms with Crippen molar-refractivity contribution < 1.29 is 13.2 Å². The van der Waals surface area contributed by atoms with Gasteiger partial charge in [0.25, 0.3) is 5.91 Å². The molecule has 3 aromatic rings. The van der Waals surface area contributed by atoms with Crippen molar-refractivity contribution in [2.45, 2.75) is 36.9 Å². The number of nitrogens with one attached hydrogen (secondary N) is 1. The summed E-state index contributed by atoms with van der Waals surface area (Å²) >= 11 is 0. The van der Waals surface area contributed by atoms with E-state index in [1.165, 1.54) is 0 Å². The molecule has 0 bridgehead atoms. The number of hydrogen-bond acceptors (Lipinski definition) is 4. The summed E-state index contributed by atoms with van der Waals surface area (Å²) in [5.41, 5.74) is 3.42. The zero-order valence-electron chi connectivity index (χ0n) is 18.4. The first-order valence-electron chi connectivity index (χ1n) is 11.3. The molecule has 1 fully saturated rings. The van der Waals surface area contributed by atoms with E-state index in [4.69, 9.17) is 0 Å². The summed E-state index contributed by atoms with van der Waals surface area (Å²) in [6.45, 7) is 1.64. The summed E-state index contributed by atoms with van der Waals surface area (Å²) in [7, 11) is -3.47. The fourth-order valence-corrected chi connectivity index (χ4v) is 6.12. The Balaban J connectivity index is 1.40. The van der Waals surface area contributed by atoms with E-state index in [0.717, 1.165) is 36.1 Å². The van der Waals surface area contributed by atoms with Crippen molar-refractivity contribution in [3.63, 3.8) is 0 Å². The number of anilines is 1. The summed E-state index contributed by atoms with van der Waals surface area (Å²) < 4.78 is 27.5. The Hall–Kier alpha value is -3.16. The van der Waals surface area contributed by atoms with Gasteiger partial charge in [-0.3, -0.25) is 4.79 Å². The van der Waals surface area contributed by atoms with Gasteiger partial charge < -0.3 is 10.2 Å². The van der Waals surface area contributed by atoms with E-state index in [1.54, 1.807) is 28.6 Å². The van der Waals surface area contributed by atoms with Crippen LogP contribution < -0.4 is 5.32 Å². The number of nitrogens with zero attached hydrogens (tertiary/aromatic N) is 2. The molecular weight excluding hydrogens is 434 g/mol. The number of benzene rings is 3. The summed E-state index contributed by atoms with van der Waals surface area (Å²) in [4.78, 5) is 15.3. The quantitative estimate of drug-likeness (QED) is 0.581. The van der Waals surface area contributed by atoms with Crippen LogP contribution in [-0.4, -0.2) is 36.6 Å². The van der Waals surface area contributed by atoms with Gasteiger partial charge in [0, 0.05) is 36.4 Å². The van der Waals surface area contributed by atoms with Gasteiger partial charge in [-0.15, -0.1) is 0 Å². The summed E-state index contributed by atoms with van der Waals surface area (Å²) in [5.74, 6) is -0.0174. The van der Waals surface area contributed by atoms with Crippen LogP contribution in [0.3, 0.4) is 0 Å². The topological polar surface area (TPSA) is 69.7 Å². The van der Waals surface area contributed by atoms with E-state index < -0.39 is 10.0 Å². The van der Waals surface area contributed by atoms with E-state index in [0.29, 0.717) is 30.1 Å². The molecule has 0 saturated carbocycles. The number of carbonyl (C=O) groups excluding carboxylic acids is 1. The van der Waals surface area contributed by atoms with E-state index in [9.17, 15) is 13.2 Å². The molecule has 1 N–H and O–H groups in total. The third kappa shape index (κ3) is 4.26. The number of amides is 1. The molecule has 5 rings (SSSR count). The van der Waals surface area contributed by atoms with Gasteiger partial charge in [-0.05, 0) is 48.7 Å². The third-order valence-electron chi connectivity index (χ3n) is 6.36. The van der Waals surface area contributed by atoms with Gasteiger partial charge in [0.2, 0.25) is 10.0 Å². The lowest BCUT2D eigenvalue weighted by Crippen LogP contribution is -2.35. The average molecular weight is 462 g/mol. The zero-order chi connectivity index (χ0) is 22.8. The fraction of sp³-hybridized carbons (Fsp3) is 0.269. The van der Waals surface area contributed by atoms with Crippen molar-refractivity contribution >= 4 is 21.6 Å².